The van der Waals surface area contributed by atoms with Crippen LogP contribution in [0, 0.1) is 5.92 Å². The van der Waals surface area contributed by atoms with E-state index in [1.54, 1.807) is 0 Å². The molecule has 20 heavy (non-hydrogen) atoms. The molecule has 0 aliphatic carbocycles. The highest BCUT2D eigenvalue weighted by molar-refractivity contribution is 6.30. The van der Waals surface area contributed by atoms with Gasteiger partial charge < -0.3 is 10.1 Å². The number of nitrogens with one attached hydrogen (secondary N) is 1. The van der Waals surface area contributed by atoms with Crippen LogP contribution in [0.3, 0.4) is 0 Å². The molecule has 2 aliphatic heterocycles. The lowest BCUT2D eigenvalue weighted by Crippen LogP contribution is -2.29. The molecule has 2 nitrogen and oxygen atoms in total. The van der Waals surface area contributed by atoms with Crippen LogP contribution in [0.15, 0.2) is 48.5 Å². The summed E-state index contributed by atoms with van der Waals surface area (Å²) in [6.07, 6.45) is 1.25. The Bertz CT molecular complexity index is 628. The first-order valence-electron chi connectivity index (χ1n) is 7.05. The third-order valence-corrected chi connectivity index (χ3v) is 4.59. The average Bonchev–Trinajstić information content (AvgIpc) is 2.97. The van der Waals surface area contributed by atoms with Gasteiger partial charge in [-0.2, -0.15) is 0 Å². The molecule has 0 bridgehead atoms. The van der Waals surface area contributed by atoms with Crippen LogP contribution in [0.2, 0.25) is 5.02 Å². The normalized spacial score (nSPS) is 27.6. The van der Waals surface area contributed by atoms with Crippen molar-refractivity contribution in [3.8, 4) is 0 Å². The summed E-state index contributed by atoms with van der Waals surface area (Å²) >= 11 is 6.14. The lowest BCUT2D eigenvalue weighted by Gasteiger charge is -2.36. The second kappa shape index (κ2) is 4.80. The SMILES string of the molecule is Clc1ccc2c(c1)[C@H]1OCC[C@H]1[C@@H](c1ccccc1)N2. The van der Waals surface area contributed by atoms with Crippen LogP contribution in [0.25, 0.3) is 0 Å². The van der Waals surface area contributed by atoms with E-state index in [2.05, 4.69) is 41.7 Å². The molecule has 2 aliphatic rings. The first-order valence-corrected chi connectivity index (χ1v) is 7.43. The lowest BCUT2D eigenvalue weighted by molar-refractivity contribution is 0.0829. The Morgan fingerprint density at radius 3 is 2.80 bits per heavy atom. The summed E-state index contributed by atoms with van der Waals surface area (Å²) in [6, 6.07) is 17.0. The Morgan fingerprint density at radius 2 is 1.95 bits per heavy atom. The highest BCUT2D eigenvalue weighted by Crippen LogP contribution is 2.50. The van der Waals surface area contributed by atoms with Gasteiger partial charge in [0.25, 0.3) is 0 Å². The fraction of sp³-hybridized carbons (Fsp3) is 0.294. The highest BCUT2D eigenvalue weighted by Gasteiger charge is 2.41. The molecule has 102 valence electrons. The zero-order valence-corrected chi connectivity index (χ0v) is 11.8. The van der Waals surface area contributed by atoms with E-state index in [0.29, 0.717) is 12.0 Å². The summed E-state index contributed by atoms with van der Waals surface area (Å²) < 4.78 is 5.99. The van der Waals surface area contributed by atoms with Crippen molar-refractivity contribution in [2.24, 2.45) is 5.92 Å². The van der Waals surface area contributed by atoms with Crippen LogP contribution in [0.4, 0.5) is 5.69 Å². The monoisotopic (exact) mass is 285 g/mol. The second-order valence-electron chi connectivity index (χ2n) is 5.51. The Labute approximate surface area is 123 Å². The fourth-order valence-electron chi connectivity index (χ4n) is 3.43. The zero-order valence-electron chi connectivity index (χ0n) is 11.1. The molecule has 2 aromatic rings. The van der Waals surface area contributed by atoms with Gasteiger partial charge in [-0.15, -0.1) is 0 Å². The van der Waals surface area contributed by atoms with E-state index in [1.165, 1.54) is 11.1 Å². The molecule has 1 N–H and O–H groups in total. The first-order chi connectivity index (χ1) is 9.83. The van der Waals surface area contributed by atoms with Gasteiger partial charge in [-0.25, -0.2) is 0 Å². The van der Waals surface area contributed by atoms with E-state index >= 15 is 0 Å². The number of benzene rings is 2. The third kappa shape index (κ3) is 1.91. The van der Waals surface area contributed by atoms with E-state index in [-0.39, 0.29) is 6.10 Å². The van der Waals surface area contributed by atoms with Crippen LogP contribution >= 0.6 is 11.6 Å². The maximum absolute atomic E-state index is 6.14. The Balaban J connectivity index is 1.79. The first kappa shape index (κ1) is 12.2. The molecule has 2 aromatic carbocycles. The number of rotatable bonds is 1. The number of hydrogen-bond acceptors (Lipinski definition) is 2. The van der Waals surface area contributed by atoms with Gasteiger partial charge in [0.2, 0.25) is 0 Å². The van der Waals surface area contributed by atoms with E-state index in [4.69, 9.17) is 16.3 Å². The smallest absolute Gasteiger partial charge is 0.0897 e. The minimum Gasteiger partial charge on any atom is -0.378 e. The summed E-state index contributed by atoms with van der Waals surface area (Å²) in [5, 5.41) is 4.45. The lowest BCUT2D eigenvalue weighted by atomic mass is 9.81. The topological polar surface area (TPSA) is 21.3 Å². The van der Waals surface area contributed by atoms with Crippen molar-refractivity contribution >= 4 is 17.3 Å². The van der Waals surface area contributed by atoms with Gasteiger partial charge in [0.15, 0.2) is 0 Å². The summed E-state index contributed by atoms with van der Waals surface area (Å²) in [4.78, 5) is 0. The summed E-state index contributed by atoms with van der Waals surface area (Å²) in [6.45, 7) is 0.826. The molecule has 0 unspecified atom stereocenters. The van der Waals surface area contributed by atoms with Crippen molar-refractivity contribution in [3.05, 3.63) is 64.7 Å². The van der Waals surface area contributed by atoms with E-state index in [1.807, 2.05) is 12.1 Å². The molecular weight excluding hydrogens is 270 g/mol. The standard InChI is InChI=1S/C17H16ClNO/c18-12-6-7-15-14(10-12)17-13(8-9-20-17)16(19-15)11-4-2-1-3-5-11/h1-7,10,13,16-17,19H,8-9H2/t13-,16+,17-/m0/s1. The molecule has 0 saturated carbocycles. The fourth-order valence-corrected chi connectivity index (χ4v) is 3.61. The number of anilines is 1. The van der Waals surface area contributed by atoms with Gasteiger partial charge in [-0.1, -0.05) is 41.9 Å². The molecule has 3 heteroatoms. The van der Waals surface area contributed by atoms with Crippen LogP contribution in [-0.4, -0.2) is 6.61 Å². The van der Waals surface area contributed by atoms with Gasteiger partial charge in [-0.05, 0) is 30.2 Å². The number of hydrogen-bond donors (Lipinski definition) is 1. The number of halogens is 1. The number of fused-ring (bicyclic) bond motifs is 3. The Hall–Kier alpha value is -1.51. The predicted octanol–water partition coefficient (Wildman–Crippen LogP) is 4.58. The maximum Gasteiger partial charge on any atom is 0.0897 e. The minimum absolute atomic E-state index is 0.162. The quantitative estimate of drug-likeness (QED) is 0.828. The molecule has 3 atom stereocenters. The summed E-state index contributed by atoms with van der Waals surface area (Å²) in [7, 11) is 0. The highest BCUT2D eigenvalue weighted by atomic mass is 35.5. The van der Waals surface area contributed by atoms with Crippen molar-refractivity contribution < 1.29 is 4.74 Å². The van der Waals surface area contributed by atoms with E-state index in [9.17, 15) is 0 Å². The van der Waals surface area contributed by atoms with Crippen LogP contribution in [0.1, 0.15) is 29.7 Å². The molecule has 2 heterocycles. The largest absolute Gasteiger partial charge is 0.378 e. The molecule has 0 spiro atoms. The Kier molecular flexibility index (Phi) is 2.94. The minimum atomic E-state index is 0.162. The van der Waals surface area contributed by atoms with Crippen molar-refractivity contribution in [2.45, 2.75) is 18.6 Å². The summed E-state index contributed by atoms with van der Waals surface area (Å²) in [5.74, 6) is 0.475. The number of ether oxygens (including phenoxy) is 1. The third-order valence-electron chi connectivity index (χ3n) is 4.36. The van der Waals surface area contributed by atoms with Gasteiger partial charge in [-0.3, -0.25) is 0 Å². The molecule has 1 fully saturated rings. The molecular formula is C17H16ClNO. The van der Waals surface area contributed by atoms with Crippen LogP contribution < -0.4 is 5.32 Å². The van der Waals surface area contributed by atoms with Gasteiger partial charge in [0.1, 0.15) is 0 Å². The summed E-state index contributed by atoms with van der Waals surface area (Å²) in [5.41, 5.74) is 3.67. The van der Waals surface area contributed by atoms with Gasteiger partial charge in [0.05, 0.1) is 12.1 Å². The molecule has 4 rings (SSSR count). The van der Waals surface area contributed by atoms with Crippen LogP contribution in [0.5, 0.6) is 0 Å². The van der Waals surface area contributed by atoms with Crippen LogP contribution in [-0.2, 0) is 4.74 Å². The molecule has 1 saturated heterocycles. The van der Waals surface area contributed by atoms with E-state index in [0.717, 1.165) is 23.7 Å². The molecule has 0 radical (unpaired) electrons. The maximum atomic E-state index is 6.14. The van der Waals surface area contributed by atoms with Crippen molar-refractivity contribution in [1.29, 1.82) is 0 Å². The van der Waals surface area contributed by atoms with E-state index < -0.39 is 0 Å². The predicted molar refractivity (Wildman–Crippen MR) is 81.1 cm³/mol. The van der Waals surface area contributed by atoms with Crippen molar-refractivity contribution in [1.82, 2.24) is 0 Å². The van der Waals surface area contributed by atoms with Crippen molar-refractivity contribution in [3.63, 3.8) is 0 Å². The van der Waals surface area contributed by atoms with Gasteiger partial charge >= 0.3 is 0 Å². The Morgan fingerprint density at radius 1 is 1.10 bits per heavy atom. The van der Waals surface area contributed by atoms with Gasteiger partial charge in [0, 0.05) is 28.8 Å². The molecule has 0 aromatic heterocycles. The zero-order chi connectivity index (χ0) is 13.5. The second-order valence-corrected chi connectivity index (χ2v) is 5.94. The average molecular weight is 286 g/mol. The van der Waals surface area contributed by atoms with Crippen molar-refractivity contribution in [2.75, 3.05) is 11.9 Å². The molecule has 0 amide bonds.